The van der Waals surface area contributed by atoms with Gasteiger partial charge in [0.05, 0.1) is 17.6 Å². The van der Waals surface area contributed by atoms with E-state index in [1.165, 1.54) is 11.1 Å². The molecule has 4 rings (SSSR count). The molecular formula is C20H27ClO3. The SMILES string of the molecule is CCO[C@H]1C[C@]2(C)[C@@H](O)[C@H](Cl)C[C@H]2[C@@H]2CCc3cc(O)ccc3[C@H]21. The van der Waals surface area contributed by atoms with Crippen LogP contribution in [0, 0.1) is 17.3 Å². The molecule has 7 atom stereocenters. The fraction of sp³-hybridized carbons (Fsp3) is 0.700. The summed E-state index contributed by atoms with van der Waals surface area (Å²) in [5.74, 6) is 1.63. The number of aryl methyl sites for hydroxylation is 1. The molecule has 0 radical (unpaired) electrons. The number of fused-ring (bicyclic) bond motifs is 5. The highest BCUT2D eigenvalue weighted by Gasteiger charge is 2.60. The van der Waals surface area contributed by atoms with Crippen molar-refractivity contribution in [1.82, 2.24) is 0 Å². The Morgan fingerprint density at radius 3 is 2.92 bits per heavy atom. The van der Waals surface area contributed by atoms with Crippen LogP contribution in [0.5, 0.6) is 5.75 Å². The summed E-state index contributed by atoms with van der Waals surface area (Å²) in [5.41, 5.74) is 2.43. The van der Waals surface area contributed by atoms with Gasteiger partial charge in [-0.3, -0.25) is 0 Å². The van der Waals surface area contributed by atoms with Crippen LogP contribution in [0.25, 0.3) is 0 Å². The number of ether oxygens (including phenoxy) is 1. The van der Waals surface area contributed by atoms with Crippen molar-refractivity contribution in [2.45, 2.75) is 63.0 Å². The van der Waals surface area contributed by atoms with Gasteiger partial charge in [0.25, 0.3) is 0 Å². The number of hydrogen-bond acceptors (Lipinski definition) is 3. The molecule has 3 aliphatic rings. The Morgan fingerprint density at radius 1 is 1.38 bits per heavy atom. The number of alkyl halides is 1. The van der Waals surface area contributed by atoms with Gasteiger partial charge in [-0.2, -0.15) is 0 Å². The molecule has 1 aromatic rings. The van der Waals surface area contributed by atoms with Crippen LogP contribution in [0.1, 0.15) is 50.2 Å². The van der Waals surface area contributed by atoms with Crippen LogP contribution >= 0.6 is 11.6 Å². The van der Waals surface area contributed by atoms with Crippen molar-refractivity contribution >= 4 is 11.6 Å². The van der Waals surface area contributed by atoms with Crippen LogP contribution in [0.3, 0.4) is 0 Å². The molecule has 0 amide bonds. The van der Waals surface area contributed by atoms with Gasteiger partial charge in [0.15, 0.2) is 0 Å². The van der Waals surface area contributed by atoms with E-state index in [9.17, 15) is 10.2 Å². The van der Waals surface area contributed by atoms with E-state index >= 15 is 0 Å². The standard InChI is InChI=1S/C20H27ClO3/c1-3-24-17-10-20(2)15(9-16(21)19(20)23)14-6-4-11-8-12(22)5-7-13(11)18(14)17/h5,7-8,14-19,22-23H,3-4,6,9-10H2,1-2H3/t14-,15-,16+,17-,18+,19-,20-/m0/s1. The first-order valence-corrected chi connectivity index (χ1v) is 9.65. The summed E-state index contributed by atoms with van der Waals surface area (Å²) >= 11 is 6.48. The lowest BCUT2D eigenvalue weighted by molar-refractivity contribution is -0.102. The van der Waals surface area contributed by atoms with Gasteiger partial charge < -0.3 is 14.9 Å². The normalized spacial score (nSPS) is 43.8. The van der Waals surface area contributed by atoms with Crippen molar-refractivity contribution in [2.24, 2.45) is 17.3 Å². The predicted molar refractivity (Wildman–Crippen MR) is 94.6 cm³/mol. The van der Waals surface area contributed by atoms with Crippen molar-refractivity contribution in [3.05, 3.63) is 29.3 Å². The smallest absolute Gasteiger partial charge is 0.115 e. The fourth-order valence-corrected chi connectivity index (χ4v) is 6.42. The first-order valence-electron chi connectivity index (χ1n) is 9.21. The molecule has 0 aliphatic heterocycles. The minimum Gasteiger partial charge on any atom is -0.508 e. The molecule has 4 heteroatoms. The molecule has 0 saturated heterocycles. The average Bonchev–Trinajstić information content (AvgIpc) is 2.78. The maximum absolute atomic E-state index is 10.7. The van der Waals surface area contributed by atoms with Gasteiger partial charge in [-0.15, -0.1) is 11.6 Å². The summed E-state index contributed by atoms with van der Waals surface area (Å²) in [6, 6.07) is 5.79. The minimum atomic E-state index is -0.450. The summed E-state index contributed by atoms with van der Waals surface area (Å²) < 4.78 is 6.18. The highest BCUT2D eigenvalue weighted by atomic mass is 35.5. The molecule has 0 aromatic heterocycles. The number of halogens is 1. The summed E-state index contributed by atoms with van der Waals surface area (Å²) in [6.07, 6.45) is 3.49. The van der Waals surface area contributed by atoms with Gasteiger partial charge in [-0.25, -0.2) is 0 Å². The third-order valence-electron chi connectivity index (χ3n) is 6.98. The lowest BCUT2D eigenvalue weighted by atomic mass is 9.54. The zero-order valence-electron chi connectivity index (χ0n) is 14.4. The topological polar surface area (TPSA) is 49.7 Å². The van der Waals surface area contributed by atoms with E-state index in [-0.39, 0.29) is 16.9 Å². The zero-order chi connectivity index (χ0) is 17.1. The third kappa shape index (κ3) is 2.32. The molecule has 0 heterocycles. The van der Waals surface area contributed by atoms with E-state index in [4.69, 9.17) is 16.3 Å². The number of hydrogen-bond donors (Lipinski definition) is 2. The van der Waals surface area contributed by atoms with Crippen LogP contribution in [0.4, 0.5) is 0 Å². The highest BCUT2D eigenvalue weighted by molar-refractivity contribution is 6.21. The fourth-order valence-electron chi connectivity index (χ4n) is 5.94. The van der Waals surface area contributed by atoms with Crippen molar-refractivity contribution in [2.75, 3.05) is 6.61 Å². The lowest BCUT2D eigenvalue weighted by Crippen LogP contribution is -2.51. The summed E-state index contributed by atoms with van der Waals surface area (Å²) in [6.45, 7) is 4.93. The molecule has 2 N–H and O–H groups in total. The maximum atomic E-state index is 10.7. The molecule has 2 fully saturated rings. The number of phenols is 1. The second kappa shape index (κ2) is 5.89. The van der Waals surface area contributed by atoms with Gasteiger partial charge in [0.2, 0.25) is 0 Å². The molecule has 2 saturated carbocycles. The number of aromatic hydroxyl groups is 1. The van der Waals surface area contributed by atoms with Gasteiger partial charge in [-0.05, 0) is 67.7 Å². The van der Waals surface area contributed by atoms with Crippen LogP contribution in [0.2, 0.25) is 0 Å². The lowest BCUT2D eigenvalue weighted by Gasteiger charge is -2.53. The Labute approximate surface area is 149 Å². The van der Waals surface area contributed by atoms with E-state index in [0.717, 1.165) is 25.7 Å². The Kier molecular flexibility index (Phi) is 4.10. The Bertz CT molecular complexity index is 633. The van der Waals surface area contributed by atoms with Crippen LogP contribution in [0.15, 0.2) is 18.2 Å². The molecule has 1 aromatic carbocycles. The maximum Gasteiger partial charge on any atom is 0.115 e. The second-order valence-electron chi connectivity index (χ2n) is 8.12. The summed E-state index contributed by atoms with van der Waals surface area (Å²) in [7, 11) is 0. The molecule has 0 bridgehead atoms. The van der Waals surface area contributed by atoms with Crippen molar-refractivity contribution in [3.63, 3.8) is 0 Å². The molecule has 0 spiro atoms. The highest BCUT2D eigenvalue weighted by Crippen LogP contribution is 2.62. The van der Waals surface area contributed by atoms with E-state index in [2.05, 4.69) is 13.0 Å². The minimum absolute atomic E-state index is 0.112. The molecule has 3 nitrogen and oxygen atoms in total. The average molecular weight is 351 g/mol. The number of aliphatic hydroxyl groups is 1. The van der Waals surface area contributed by atoms with E-state index in [1.807, 2.05) is 13.0 Å². The van der Waals surface area contributed by atoms with Crippen LogP contribution in [-0.2, 0) is 11.2 Å². The van der Waals surface area contributed by atoms with Crippen LogP contribution in [-0.4, -0.2) is 34.4 Å². The van der Waals surface area contributed by atoms with E-state index in [1.54, 1.807) is 6.07 Å². The third-order valence-corrected chi connectivity index (χ3v) is 7.39. The quantitative estimate of drug-likeness (QED) is 0.797. The van der Waals surface area contributed by atoms with Crippen molar-refractivity contribution < 1.29 is 14.9 Å². The first-order chi connectivity index (χ1) is 11.5. The number of benzene rings is 1. The predicted octanol–water partition coefficient (Wildman–Crippen LogP) is 3.84. The number of rotatable bonds is 2. The number of aliphatic hydroxyl groups excluding tert-OH is 1. The van der Waals surface area contributed by atoms with Crippen LogP contribution < -0.4 is 0 Å². The van der Waals surface area contributed by atoms with E-state index in [0.29, 0.717) is 30.1 Å². The number of phenolic OH excluding ortho intramolecular Hbond substituents is 1. The van der Waals surface area contributed by atoms with Gasteiger partial charge >= 0.3 is 0 Å². The molecule has 24 heavy (non-hydrogen) atoms. The molecule has 3 aliphatic carbocycles. The Morgan fingerprint density at radius 2 is 2.17 bits per heavy atom. The largest absolute Gasteiger partial charge is 0.508 e. The summed E-state index contributed by atoms with van der Waals surface area (Å²) in [5, 5.41) is 20.4. The second-order valence-corrected chi connectivity index (χ2v) is 8.68. The van der Waals surface area contributed by atoms with Gasteiger partial charge in [-0.1, -0.05) is 13.0 Å². The van der Waals surface area contributed by atoms with Crippen molar-refractivity contribution in [1.29, 1.82) is 0 Å². The molecule has 132 valence electrons. The van der Waals surface area contributed by atoms with Gasteiger partial charge in [0.1, 0.15) is 5.75 Å². The Hall–Kier alpha value is -0.770. The zero-order valence-corrected chi connectivity index (χ0v) is 15.2. The Balaban J connectivity index is 1.77. The first kappa shape index (κ1) is 16.7. The molecule has 0 unspecified atom stereocenters. The molecular weight excluding hydrogens is 324 g/mol. The van der Waals surface area contributed by atoms with Gasteiger partial charge in [0, 0.05) is 17.9 Å². The summed E-state index contributed by atoms with van der Waals surface area (Å²) in [4.78, 5) is 0. The van der Waals surface area contributed by atoms with E-state index < -0.39 is 6.10 Å². The van der Waals surface area contributed by atoms with Crippen molar-refractivity contribution in [3.8, 4) is 5.75 Å². The monoisotopic (exact) mass is 350 g/mol.